The van der Waals surface area contributed by atoms with Crippen LogP contribution in [-0.2, 0) is 4.74 Å². The lowest BCUT2D eigenvalue weighted by atomic mass is 9.97. The van der Waals surface area contributed by atoms with Crippen molar-refractivity contribution in [2.45, 2.75) is 40.2 Å². The van der Waals surface area contributed by atoms with E-state index in [0.29, 0.717) is 22.1 Å². The van der Waals surface area contributed by atoms with Crippen LogP contribution in [0.4, 0.5) is 0 Å². The Morgan fingerprint density at radius 3 is 2.23 bits per heavy atom. The number of esters is 1. The van der Waals surface area contributed by atoms with Crippen LogP contribution in [0.25, 0.3) is 10.9 Å². The van der Waals surface area contributed by atoms with Crippen molar-refractivity contribution < 1.29 is 14.3 Å². The summed E-state index contributed by atoms with van der Waals surface area (Å²) >= 11 is 0. The molecule has 26 heavy (non-hydrogen) atoms. The second kappa shape index (κ2) is 6.45. The molecule has 0 aliphatic rings. The van der Waals surface area contributed by atoms with Gasteiger partial charge in [-0.3, -0.25) is 4.79 Å². The van der Waals surface area contributed by atoms with E-state index in [1.54, 1.807) is 12.1 Å². The molecule has 0 spiro atoms. The van der Waals surface area contributed by atoms with Crippen LogP contribution in [0.3, 0.4) is 0 Å². The molecule has 0 aliphatic carbocycles. The first-order valence-electron chi connectivity index (χ1n) is 8.63. The number of carbonyl (C=O) groups excluding carboxylic acids is 2. The van der Waals surface area contributed by atoms with Crippen LogP contribution in [0, 0.1) is 13.8 Å². The summed E-state index contributed by atoms with van der Waals surface area (Å²) in [5, 5.41) is 0.616. The number of ketones is 1. The maximum absolute atomic E-state index is 13.1. The van der Waals surface area contributed by atoms with Crippen molar-refractivity contribution in [2.24, 2.45) is 0 Å². The van der Waals surface area contributed by atoms with Crippen LogP contribution in [0.5, 0.6) is 0 Å². The largest absolute Gasteiger partial charge is 0.456 e. The van der Waals surface area contributed by atoms with Gasteiger partial charge in [0, 0.05) is 22.2 Å². The second-order valence-electron chi connectivity index (χ2n) is 7.55. The zero-order valence-corrected chi connectivity index (χ0v) is 15.8. The van der Waals surface area contributed by atoms with E-state index in [0.717, 1.165) is 16.8 Å². The summed E-state index contributed by atoms with van der Waals surface area (Å²) in [6.07, 6.45) is 0. The van der Waals surface area contributed by atoms with Gasteiger partial charge in [-0.05, 0) is 46.8 Å². The van der Waals surface area contributed by atoms with E-state index < -0.39 is 11.6 Å². The van der Waals surface area contributed by atoms with Crippen LogP contribution in [0.15, 0.2) is 42.5 Å². The van der Waals surface area contributed by atoms with Crippen LogP contribution >= 0.6 is 0 Å². The van der Waals surface area contributed by atoms with Crippen molar-refractivity contribution in [2.75, 3.05) is 0 Å². The van der Waals surface area contributed by atoms with E-state index in [2.05, 4.69) is 4.98 Å². The number of nitrogens with one attached hydrogen (secondary N) is 1. The van der Waals surface area contributed by atoms with Crippen LogP contribution in [0.1, 0.15) is 58.3 Å². The predicted molar refractivity (Wildman–Crippen MR) is 103 cm³/mol. The van der Waals surface area contributed by atoms with Crippen LogP contribution in [0.2, 0.25) is 0 Å². The molecule has 4 nitrogen and oxygen atoms in total. The minimum atomic E-state index is -0.605. The third-order valence-corrected chi connectivity index (χ3v) is 4.17. The zero-order valence-electron chi connectivity index (χ0n) is 15.8. The Morgan fingerprint density at radius 1 is 0.962 bits per heavy atom. The first-order chi connectivity index (χ1) is 12.2. The molecule has 0 unspecified atom stereocenters. The van der Waals surface area contributed by atoms with E-state index in [-0.39, 0.29) is 5.78 Å². The van der Waals surface area contributed by atoms with Gasteiger partial charge in [-0.25, -0.2) is 4.79 Å². The molecule has 0 aliphatic heterocycles. The van der Waals surface area contributed by atoms with Gasteiger partial charge >= 0.3 is 5.97 Å². The van der Waals surface area contributed by atoms with Crippen molar-refractivity contribution in [1.29, 1.82) is 0 Å². The molecular weight excluding hydrogens is 326 g/mol. The number of hydrogen-bond acceptors (Lipinski definition) is 3. The summed E-state index contributed by atoms with van der Waals surface area (Å²) in [6, 6.07) is 12.8. The van der Waals surface area contributed by atoms with Gasteiger partial charge in [0.05, 0.1) is 11.1 Å². The molecule has 134 valence electrons. The third kappa shape index (κ3) is 3.40. The van der Waals surface area contributed by atoms with Crippen molar-refractivity contribution in [1.82, 2.24) is 4.98 Å². The Kier molecular flexibility index (Phi) is 4.45. The smallest absolute Gasteiger partial charge is 0.339 e. The molecule has 0 radical (unpaired) electrons. The molecule has 0 fully saturated rings. The Hall–Kier alpha value is -2.88. The van der Waals surface area contributed by atoms with Gasteiger partial charge in [0.1, 0.15) is 5.60 Å². The molecule has 1 heterocycles. The minimum absolute atomic E-state index is 0.107. The van der Waals surface area contributed by atoms with Gasteiger partial charge in [0.25, 0.3) is 0 Å². The quantitative estimate of drug-likeness (QED) is 0.536. The Balaban J connectivity index is 2.17. The standard InChI is InChI=1S/C22H23NO3/c1-13-9-11-15(12-10-13)20(24)18-14(2)23-17-8-6-7-16(19(17)18)21(25)26-22(3,4)5/h6-12,23H,1-5H3. The lowest BCUT2D eigenvalue weighted by Gasteiger charge is -2.20. The summed E-state index contributed by atoms with van der Waals surface area (Å²) in [6.45, 7) is 9.30. The number of aromatic nitrogens is 1. The molecule has 4 heteroatoms. The fourth-order valence-corrected chi connectivity index (χ4v) is 3.01. The summed E-state index contributed by atoms with van der Waals surface area (Å²) in [4.78, 5) is 29.1. The van der Waals surface area contributed by atoms with E-state index in [9.17, 15) is 9.59 Å². The van der Waals surface area contributed by atoms with Gasteiger partial charge in [0.15, 0.2) is 5.78 Å². The second-order valence-corrected chi connectivity index (χ2v) is 7.55. The van der Waals surface area contributed by atoms with E-state index in [4.69, 9.17) is 4.74 Å². The van der Waals surface area contributed by atoms with Crippen LogP contribution in [-0.4, -0.2) is 22.3 Å². The van der Waals surface area contributed by atoms with Gasteiger partial charge in [-0.2, -0.15) is 0 Å². The minimum Gasteiger partial charge on any atom is -0.456 e. The SMILES string of the molecule is Cc1ccc(C(=O)c2c(C)[nH]c3cccc(C(=O)OC(C)(C)C)c23)cc1. The van der Waals surface area contributed by atoms with Crippen molar-refractivity contribution >= 4 is 22.7 Å². The first-order valence-corrected chi connectivity index (χ1v) is 8.63. The highest BCUT2D eigenvalue weighted by atomic mass is 16.6. The van der Waals surface area contributed by atoms with Crippen molar-refractivity contribution in [3.05, 3.63) is 70.4 Å². The number of aromatic amines is 1. The molecule has 3 aromatic rings. The lowest BCUT2D eigenvalue weighted by Crippen LogP contribution is -2.24. The monoisotopic (exact) mass is 349 g/mol. The maximum Gasteiger partial charge on any atom is 0.339 e. The average Bonchev–Trinajstić information content (AvgIpc) is 2.89. The molecule has 1 aromatic heterocycles. The third-order valence-electron chi connectivity index (χ3n) is 4.17. The molecular formula is C22H23NO3. The maximum atomic E-state index is 13.1. The molecule has 0 saturated carbocycles. The van der Waals surface area contributed by atoms with E-state index in [1.807, 2.05) is 65.0 Å². The topological polar surface area (TPSA) is 59.2 Å². The summed E-state index contributed by atoms with van der Waals surface area (Å²) in [7, 11) is 0. The molecule has 0 amide bonds. The van der Waals surface area contributed by atoms with Crippen molar-refractivity contribution in [3.8, 4) is 0 Å². The van der Waals surface area contributed by atoms with Gasteiger partial charge in [0.2, 0.25) is 0 Å². The highest BCUT2D eigenvalue weighted by Crippen LogP contribution is 2.29. The molecule has 2 aromatic carbocycles. The predicted octanol–water partition coefficient (Wildman–Crippen LogP) is 4.97. The van der Waals surface area contributed by atoms with Gasteiger partial charge in [-0.1, -0.05) is 35.9 Å². The summed E-state index contributed by atoms with van der Waals surface area (Å²) < 4.78 is 5.53. The summed E-state index contributed by atoms with van der Waals surface area (Å²) in [5.41, 5.74) is 3.49. The molecule has 1 N–H and O–H groups in total. The average molecular weight is 349 g/mol. The number of H-pyrrole nitrogens is 1. The number of carbonyl (C=O) groups is 2. The number of fused-ring (bicyclic) bond motifs is 1. The number of rotatable bonds is 3. The highest BCUT2D eigenvalue weighted by molar-refractivity contribution is 6.21. The van der Waals surface area contributed by atoms with Gasteiger partial charge < -0.3 is 9.72 Å². The lowest BCUT2D eigenvalue weighted by molar-refractivity contribution is 0.00718. The Bertz CT molecular complexity index is 989. The number of aryl methyl sites for hydroxylation is 2. The number of benzene rings is 2. The Labute approximate surface area is 153 Å². The van der Waals surface area contributed by atoms with Gasteiger partial charge in [-0.15, -0.1) is 0 Å². The fourth-order valence-electron chi connectivity index (χ4n) is 3.01. The van der Waals surface area contributed by atoms with E-state index in [1.165, 1.54) is 0 Å². The fraction of sp³-hybridized carbons (Fsp3) is 0.273. The number of ether oxygens (including phenoxy) is 1. The highest BCUT2D eigenvalue weighted by Gasteiger charge is 2.25. The van der Waals surface area contributed by atoms with Crippen LogP contribution < -0.4 is 0 Å². The van der Waals surface area contributed by atoms with Crippen molar-refractivity contribution in [3.63, 3.8) is 0 Å². The normalized spacial score (nSPS) is 11.6. The molecule has 3 rings (SSSR count). The Morgan fingerprint density at radius 2 is 1.62 bits per heavy atom. The molecule has 0 bridgehead atoms. The molecule has 0 saturated heterocycles. The number of hydrogen-bond donors (Lipinski definition) is 1. The summed E-state index contributed by atoms with van der Waals surface area (Å²) in [5.74, 6) is -0.537. The van der Waals surface area contributed by atoms with E-state index >= 15 is 0 Å². The first kappa shape index (κ1) is 17.9. The molecule has 0 atom stereocenters. The zero-order chi connectivity index (χ0) is 19.1.